The van der Waals surface area contributed by atoms with Gasteiger partial charge in [-0.25, -0.2) is 5.43 Å². The van der Waals surface area contributed by atoms with Crippen molar-refractivity contribution >= 4 is 35.3 Å². The quantitative estimate of drug-likeness (QED) is 0.424. The molecule has 3 aromatic rings. The van der Waals surface area contributed by atoms with Gasteiger partial charge in [0, 0.05) is 11.3 Å². The van der Waals surface area contributed by atoms with Crippen LogP contribution in [0.25, 0.3) is 0 Å². The lowest BCUT2D eigenvalue weighted by Crippen LogP contribution is -2.18. The van der Waals surface area contributed by atoms with E-state index in [1.54, 1.807) is 73.8 Å². The highest BCUT2D eigenvalue weighted by atomic mass is 35.5. The van der Waals surface area contributed by atoms with Gasteiger partial charge in [-0.15, -0.1) is 0 Å². The fourth-order valence-electron chi connectivity index (χ4n) is 2.75. The lowest BCUT2D eigenvalue weighted by molar-refractivity contribution is 0.0953. The number of nitrogens with zero attached hydrogens (tertiary/aromatic N) is 1. The second-order valence-corrected chi connectivity index (χ2v) is 6.74. The molecule has 0 bridgehead atoms. The van der Waals surface area contributed by atoms with Gasteiger partial charge in [0.15, 0.2) is 11.5 Å². The molecule has 158 valence electrons. The van der Waals surface area contributed by atoms with Crippen molar-refractivity contribution in [3.8, 4) is 11.5 Å². The van der Waals surface area contributed by atoms with Gasteiger partial charge in [0.25, 0.3) is 11.8 Å². The van der Waals surface area contributed by atoms with Gasteiger partial charge in [0.05, 0.1) is 31.0 Å². The zero-order chi connectivity index (χ0) is 22.2. The van der Waals surface area contributed by atoms with E-state index in [2.05, 4.69) is 15.8 Å². The monoisotopic (exact) mass is 437 g/mol. The lowest BCUT2D eigenvalue weighted by atomic mass is 10.1. The SMILES string of the molecule is COc1ccc(C=NNC(=O)c2cccc(NC(=O)c3ccccc3Cl)c2)cc1OC. The standard InChI is InChI=1S/C23H20ClN3O4/c1-30-20-11-10-15(12-21(20)31-2)14-25-27-22(28)16-6-5-7-17(13-16)26-23(29)18-8-3-4-9-19(18)24/h3-14H,1-2H3,(H,26,29)(H,27,28). The van der Waals surface area contributed by atoms with Crippen LogP contribution in [0.4, 0.5) is 5.69 Å². The molecule has 0 atom stereocenters. The van der Waals surface area contributed by atoms with Crippen LogP contribution in [0.5, 0.6) is 11.5 Å². The number of methoxy groups -OCH3 is 2. The van der Waals surface area contributed by atoms with Crippen molar-refractivity contribution in [3.63, 3.8) is 0 Å². The zero-order valence-corrected chi connectivity index (χ0v) is 17.6. The van der Waals surface area contributed by atoms with E-state index in [1.165, 1.54) is 13.3 Å². The summed E-state index contributed by atoms with van der Waals surface area (Å²) < 4.78 is 10.4. The number of hydrogen-bond acceptors (Lipinski definition) is 5. The van der Waals surface area contributed by atoms with Crippen LogP contribution in [0.15, 0.2) is 71.8 Å². The van der Waals surface area contributed by atoms with Crippen molar-refractivity contribution in [2.75, 3.05) is 19.5 Å². The first kappa shape index (κ1) is 21.9. The number of ether oxygens (including phenoxy) is 2. The molecule has 0 fully saturated rings. The Bertz CT molecular complexity index is 1130. The Labute approximate surface area is 184 Å². The average molecular weight is 438 g/mol. The Hall–Kier alpha value is -3.84. The van der Waals surface area contributed by atoms with Gasteiger partial charge in [-0.1, -0.05) is 29.8 Å². The van der Waals surface area contributed by atoms with Crippen LogP contribution in [0, 0.1) is 0 Å². The predicted octanol–water partition coefficient (Wildman–Crippen LogP) is 4.37. The molecule has 0 radical (unpaired) electrons. The highest BCUT2D eigenvalue weighted by Gasteiger charge is 2.11. The summed E-state index contributed by atoms with van der Waals surface area (Å²) in [6.07, 6.45) is 1.49. The summed E-state index contributed by atoms with van der Waals surface area (Å²) in [7, 11) is 3.09. The number of hydrogen-bond donors (Lipinski definition) is 2. The number of carbonyl (C=O) groups is 2. The summed E-state index contributed by atoms with van der Waals surface area (Å²) in [6.45, 7) is 0. The van der Waals surface area contributed by atoms with Gasteiger partial charge in [0.1, 0.15) is 0 Å². The van der Waals surface area contributed by atoms with E-state index in [4.69, 9.17) is 21.1 Å². The van der Waals surface area contributed by atoms with Gasteiger partial charge in [-0.3, -0.25) is 9.59 Å². The average Bonchev–Trinajstić information content (AvgIpc) is 2.79. The summed E-state index contributed by atoms with van der Waals surface area (Å²) in [5, 5.41) is 7.05. The van der Waals surface area contributed by atoms with Gasteiger partial charge >= 0.3 is 0 Å². The maximum absolute atomic E-state index is 12.4. The molecule has 0 aliphatic heterocycles. The van der Waals surface area contributed by atoms with E-state index >= 15 is 0 Å². The fraction of sp³-hybridized carbons (Fsp3) is 0.0870. The van der Waals surface area contributed by atoms with Gasteiger partial charge in [0.2, 0.25) is 0 Å². The number of hydrazone groups is 1. The maximum Gasteiger partial charge on any atom is 0.271 e. The third-order valence-corrected chi connectivity index (χ3v) is 4.62. The Morgan fingerprint density at radius 3 is 2.42 bits per heavy atom. The number of rotatable bonds is 7. The predicted molar refractivity (Wildman–Crippen MR) is 120 cm³/mol. The van der Waals surface area contributed by atoms with Crippen molar-refractivity contribution in [3.05, 3.63) is 88.4 Å². The lowest BCUT2D eigenvalue weighted by Gasteiger charge is -2.08. The molecule has 3 aromatic carbocycles. The molecular weight excluding hydrogens is 418 g/mol. The number of carbonyl (C=O) groups excluding carboxylic acids is 2. The summed E-state index contributed by atoms with van der Waals surface area (Å²) in [5.41, 5.74) is 4.32. The molecule has 0 saturated heterocycles. The topological polar surface area (TPSA) is 89.0 Å². The van der Waals surface area contributed by atoms with Crippen LogP contribution in [-0.4, -0.2) is 32.2 Å². The van der Waals surface area contributed by atoms with Crippen molar-refractivity contribution < 1.29 is 19.1 Å². The number of nitrogens with one attached hydrogen (secondary N) is 2. The number of amides is 2. The zero-order valence-electron chi connectivity index (χ0n) is 16.9. The molecule has 7 nitrogen and oxygen atoms in total. The van der Waals surface area contributed by atoms with Crippen LogP contribution in [0.1, 0.15) is 26.3 Å². The summed E-state index contributed by atoms with van der Waals surface area (Å²) in [5.74, 6) is 0.360. The van der Waals surface area contributed by atoms with E-state index in [0.717, 1.165) is 5.56 Å². The van der Waals surface area contributed by atoms with E-state index in [9.17, 15) is 9.59 Å². The van der Waals surface area contributed by atoms with Crippen molar-refractivity contribution in [2.24, 2.45) is 5.10 Å². The van der Waals surface area contributed by atoms with Crippen LogP contribution in [0.3, 0.4) is 0 Å². The van der Waals surface area contributed by atoms with Crippen molar-refractivity contribution in [1.29, 1.82) is 0 Å². The Balaban J connectivity index is 1.65. The molecule has 31 heavy (non-hydrogen) atoms. The summed E-state index contributed by atoms with van der Waals surface area (Å²) >= 11 is 6.06. The van der Waals surface area contributed by atoms with Gasteiger partial charge in [-0.2, -0.15) is 5.10 Å². The summed E-state index contributed by atoms with van der Waals surface area (Å²) in [4.78, 5) is 24.8. The third kappa shape index (κ3) is 5.61. The first-order valence-corrected chi connectivity index (χ1v) is 9.61. The van der Waals surface area contributed by atoms with E-state index in [1.807, 2.05) is 0 Å². The minimum absolute atomic E-state index is 0.335. The molecule has 8 heteroatoms. The second-order valence-electron chi connectivity index (χ2n) is 6.33. The molecule has 0 aromatic heterocycles. The molecule has 2 amide bonds. The molecule has 2 N–H and O–H groups in total. The first-order valence-electron chi connectivity index (χ1n) is 9.23. The number of anilines is 1. The second kappa shape index (κ2) is 10.3. The highest BCUT2D eigenvalue weighted by molar-refractivity contribution is 6.34. The number of benzene rings is 3. The molecule has 0 aliphatic rings. The minimum Gasteiger partial charge on any atom is -0.493 e. The maximum atomic E-state index is 12.4. The normalized spacial score (nSPS) is 10.5. The molecule has 3 rings (SSSR count). The Morgan fingerprint density at radius 2 is 1.68 bits per heavy atom. The van der Waals surface area contributed by atoms with Crippen LogP contribution < -0.4 is 20.2 Å². The summed E-state index contributed by atoms with van der Waals surface area (Å²) in [6, 6.07) is 18.5. The third-order valence-electron chi connectivity index (χ3n) is 4.29. The van der Waals surface area contributed by atoms with Crippen LogP contribution in [-0.2, 0) is 0 Å². The fourth-order valence-corrected chi connectivity index (χ4v) is 2.97. The Morgan fingerprint density at radius 1 is 0.903 bits per heavy atom. The molecule has 0 saturated carbocycles. The highest BCUT2D eigenvalue weighted by Crippen LogP contribution is 2.26. The first-order chi connectivity index (χ1) is 15.0. The molecule has 0 heterocycles. The smallest absolute Gasteiger partial charge is 0.271 e. The van der Waals surface area contributed by atoms with Gasteiger partial charge in [-0.05, 0) is 54.1 Å². The van der Waals surface area contributed by atoms with E-state index in [0.29, 0.717) is 33.3 Å². The largest absolute Gasteiger partial charge is 0.493 e. The molecular formula is C23H20ClN3O4. The minimum atomic E-state index is -0.425. The molecule has 0 unspecified atom stereocenters. The molecule has 0 aliphatic carbocycles. The van der Waals surface area contributed by atoms with E-state index < -0.39 is 5.91 Å². The van der Waals surface area contributed by atoms with Crippen molar-refractivity contribution in [1.82, 2.24) is 5.43 Å². The molecule has 0 spiro atoms. The van der Waals surface area contributed by atoms with Gasteiger partial charge < -0.3 is 14.8 Å². The van der Waals surface area contributed by atoms with Crippen molar-refractivity contribution in [2.45, 2.75) is 0 Å². The van der Waals surface area contributed by atoms with Crippen LogP contribution in [0.2, 0.25) is 5.02 Å². The van der Waals surface area contributed by atoms with Crippen LogP contribution >= 0.6 is 11.6 Å². The van der Waals surface area contributed by atoms with E-state index in [-0.39, 0.29) is 5.91 Å². The Kier molecular flexibility index (Phi) is 7.24. The number of halogens is 1.